The summed E-state index contributed by atoms with van der Waals surface area (Å²) in [6, 6.07) is 24.9. The van der Waals surface area contributed by atoms with Crippen molar-refractivity contribution in [3.63, 3.8) is 0 Å². The Hall–Kier alpha value is -9.53. The summed E-state index contributed by atoms with van der Waals surface area (Å²) in [5, 5.41) is 9.05. The third-order valence-electron chi connectivity index (χ3n) is 15.0. The van der Waals surface area contributed by atoms with Crippen molar-refractivity contribution in [3.05, 3.63) is 137 Å². The van der Waals surface area contributed by atoms with Crippen LogP contribution >= 0.6 is 0 Å². The number of hydrogen-bond acceptors (Lipinski definition) is 14. The number of carbonyl (C=O) groups is 8. The molecule has 8 amide bonds. The number of benzene rings is 5. The van der Waals surface area contributed by atoms with E-state index in [0.717, 1.165) is 39.6 Å². The van der Waals surface area contributed by atoms with E-state index in [1.54, 1.807) is 47.5 Å². The number of nitrogens with zero attached hydrogens (tertiary/aromatic N) is 5. The van der Waals surface area contributed by atoms with Crippen LogP contribution in [0, 0.1) is 0 Å². The maximum atomic E-state index is 14.2. The van der Waals surface area contributed by atoms with E-state index in [9.17, 15) is 38.4 Å². The molecule has 0 saturated heterocycles. The van der Waals surface area contributed by atoms with Gasteiger partial charge in [0.05, 0.1) is 48.8 Å². The average Bonchev–Trinajstić information content (AvgIpc) is 4.04. The lowest BCUT2D eigenvalue weighted by atomic mass is 10.1. The van der Waals surface area contributed by atoms with Gasteiger partial charge in [-0.05, 0) is 97.8 Å². The van der Waals surface area contributed by atoms with E-state index in [1.807, 2.05) is 59.5 Å². The van der Waals surface area contributed by atoms with Gasteiger partial charge in [0.15, 0.2) is 23.0 Å². The maximum absolute atomic E-state index is 14.2. The zero-order chi connectivity index (χ0) is 57.1. The molecular weight excluding hydrogens is 1040 g/mol. The van der Waals surface area contributed by atoms with Gasteiger partial charge in [0.25, 0.3) is 23.6 Å². The van der Waals surface area contributed by atoms with Gasteiger partial charge in [-0.2, -0.15) is 0 Å². The number of aliphatic imine (C=N–C) groups is 1. The average molecular weight is 1100 g/mol. The monoisotopic (exact) mass is 1100 g/mol. The first kappa shape index (κ1) is 54.8. The number of amides is 8. The molecule has 5 N–H and O–H groups in total. The van der Waals surface area contributed by atoms with Crippen molar-refractivity contribution >= 4 is 81.9 Å². The van der Waals surface area contributed by atoms with Gasteiger partial charge >= 0.3 is 0 Å². The Labute approximate surface area is 467 Å². The van der Waals surface area contributed by atoms with Crippen molar-refractivity contribution in [1.82, 2.24) is 15.1 Å². The van der Waals surface area contributed by atoms with Crippen molar-refractivity contribution < 1.29 is 57.3 Å². The second kappa shape index (κ2) is 23.4. The van der Waals surface area contributed by atoms with Gasteiger partial charge in [0.1, 0.15) is 25.3 Å². The van der Waals surface area contributed by atoms with Crippen LogP contribution in [0.3, 0.4) is 0 Å². The standard InChI is InChI=1S/C60H61N9O12/c1-34(64-58(75)35(2)66(54(71)16-10-9-15-53(61)70)19-20-67-55(72)17-18-56(67)73)57(74)65-40-22-36(32-80-51-28-45-43(26-49(51)78-3)59(76)68-41(30-62-45)24-38-11-5-7-13-47(38)68)21-37(23-40)33-81-52-29-46-44(27-50(52)79-4)60(77)69-42(31-63-46)25-39-12-6-8-14-48(39)69/h5-8,11-14,17-18,21-23,26-30,34-35,41-42,63H,9-10,15-16,19-20,24-25,31-33H2,1-4H3,(H2,61,70)(H,64,75)(H,65,74)/t34-,35-,41-,42-/m0/s1. The van der Waals surface area contributed by atoms with Crippen LogP contribution in [-0.2, 0) is 54.8 Å². The summed E-state index contributed by atoms with van der Waals surface area (Å²) in [6.07, 6.45) is 6.01. The fraction of sp³-hybridized carbons (Fsp3) is 0.317. The molecule has 0 aliphatic carbocycles. The smallest absolute Gasteiger partial charge is 0.261 e. The topological polar surface area (TPSA) is 261 Å². The van der Waals surface area contributed by atoms with Gasteiger partial charge in [0, 0.05) is 86.5 Å². The first-order chi connectivity index (χ1) is 39.1. The van der Waals surface area contributed by atoms with E-state index in [-0.39, 0.29) is 63.0 Å². The molecule has 5 aliphatic heterocycles. The van der Waals surface area contributed by atoms with Crippen molar-refractivity contribution in [2.24, 2.45) is 10.7 Å². The van der Waals surface area contributed by atoms with Gasteiger partial charge in [-0.25, -0.2) is 0 Å². The van der Waals surface area contributed by atoms with Gasteiger partial charge in [-0.1, -0.05) is 36.4 Å². The number of para-hydroxylation sites is 2. The zero-order valence-electron chi connectivity index (χ0n) is 45.2. The van der Waals surface area contributed by atoms with Crippen molar-refractivity contribution in [1.29, 1.82) is 0 Å². The number of nitrogens with two attached hydrogens (primary N) is 1. The van der Waals surface area contributed by atoms with Crippen LogP contribution < -0.4 is 50.4 Å². The molecule has 10 rings (SSSR count). The van der Waals surface area contributed by atoms with Crippen LogP contribution in [0.1, 0.15) is 82.5 Å². The first-order valence-corrected chi connectivity index (χ1v) is 26.7. The predicted octanol–water partition coefficient (Wildman–Crippen LogP) is 5.78. The molecule has 0 unspecified atom stereocenters. The van der Waals surface area contributed by atoms with Gasteiger partial charge < -0.3 is 50.4 Å². The summed E-state index contributed by atoms with van der Waals surface area (Å²) in [7, 11) is 2.97. The number of ether oxygens (including phenoxy) is 4. The minimum absolute atomic E-state index is 0.0426. The second-order valence-electron chi connectivity index (χ2n) is 20.4. The minimum Gasteiger partial charge on any atom is -0.493 e. The second-order valence-corrected chi connectivity index (χ2v) is 20.4. The van der Waals surface area contributed by atoms with E-state index < -0.39 is 47.5 Å². The first-order valence-electron chi connectivity index (χ1n) is 26.7. The molecule has 5 aromatic carbocycles. The summed E-state index contributed by atoms with van der Waals surface area (Å²) in [6.45, 7) is 2.99. The molecule has 81 heavy (non-hydrogen) atoms. The molecule has 5 aliphatic rings. The summed E-state index contributed by atoms with van der Waals surface area (Å²) in [5.41, 5.74) is 12.4. The summed E-state index contributed by atoms with van der Waals surface area (Å²) < 4.78 is 24.5. The molecule has 0 fully saturated rings. The fourth-order valence-corrected chi connectivity index (χ4v) is 10.8. The molecular formula is C60H61N9O12. The lowest BCUT2D eigenvalue weighted by molar-refractivity contribution is -0.143. The number of unbranched alkanes of at least 4 members (excludes halogenated alkanes) is 1. The van der Waals surface area contributed by atoms with Crippen molar-refractivity contribution in [3.8, 4) is 23.0 Å². The Kier molecular flexibility index (Phi) is 15.9. The number of imide groups is 1. The van der Waals surface area contributed by atoms with E-state index in [1.165, 1.54) is 33.0 Å². The molecule has 0 bridgehead atoms. The van der Waals surface area contributed by atoms with E-state index in [2.05, 4.69) is 16.0 Å². The van der Waals surface area contributed by atoms with E-state index in [4.69, 9.17) is 29.7 Å². The lowest BCUT2D eigenvalue weighted by Crippen LogP contribution is -2.53. The molecule has 0 saturated carbocycles. The number of hydrogen-bond donors (Lipinski definition) is 4. The number of methoxy groups -OCH3 is 2. The van der Waals surface area contributed by atoms with Crippen molar-refractivity contribution in [2.45, 2.75) is 89.8 Å². The molecule has 4 atom stereocenters. The summed E-state index contributed by atoms with van der Waals surface area (Å²) in [5.74, 6) is -2.50. The molecule has 0 aromatic heterocycles. The Morgan fingerprint density at radius 1 is 0.728 bits per heavy atom. The molecule has 418 valence electrons. The molecule has 0 radical (unpaired) electrons. The maximum Gasteiger partial charge on any atom is 0.261 e. The van der Waals surface area contributed by atoms with Gasteiger partial charge in [-0.15, -0.1) is 0 Å². The highest BCUT2D eigenvalue weighted by molar-refractivity contribution is 6.15. The number of nitrogens with one attached hydrogen (secondary N) is 3. The van der Waals surface area contributed by atoms with Crippen molar-refractivity contribution in [2.75, 3.05) is 54.3 Å². The number of carbonyl (C=O) groups excluding carboxylic acids is 8. The summed E-state index contributed by atoms with van der Waals surface area (Å²) in [4.78, 5) is 116. The molecule has 21 heteroatoms. The Morgan fingerprint density at radius 3 is 2.00 bits per heavy atom. The van der Waals surface area contributed by atoms with Crippen LogP contribution in [0.15, 0.2) is 108 Å². The van der Waals surface area contributed by atoms with Gasteiger partial charge in [0.2, 0.25) is 23.6 Å². The molecule has 0 spiro atoms. The Bertz CT molecular complexity index is 3430. The zero-order valence-corrected chi connectivity index (χ0v) is 45.2. The lowest BCUT2D eigenvalue weighted by Gasteiger charge is -2.30. The highest BCUT2D eigenvalue weighted by Gasteiger charge is 2.39. The summed E-state index contributed by atoms with van der Waals surface area (Å²) >= 11 is 0. The highest BCUT2D eigenvalue weighted by atomic mass is 16.5. The van der Waals surface area contributed by atoms with Crippen LogP contribution in [0.5, 0.6) is 23.0 Å². The molecule has 21 nitrogen and oxygen atoms in total. The minimum atomic E-state index is -1.15. The van der Waals surface area contributed by atoms with Crippen LogP contribution in [0.4, 0.5) is 28.4 Å². The normalized spacial score (nSPS) is 17.1. The van der Waals surface area contributed by atoms with E-state index in [0.29, 0.717) is 94.5 Å². The largest absolute Gasteiger partial charge is 0.493 e. The molecule has 5 aromatic rings. The third kappa shape index (κ3) is 11.5. The Balaban J connectivity index is 0.884. The van der Waals surface area contributed by atoms with Gasteiger partial charge in [-0.3, -0.25) is 53.1 Å². The number of rotatable bonds is 21. The van der Waals surface area contributed by atoms with Crippen LogP contribution in [0.25, 0.3) is 0 Å². The molecule has 5 heterocycles. The quantitative estimate of drug-likeness (QED) is 0.0503. The van der Waals surface area contributed by atoms with Crippen LogP contribution in [0.2, 0.25) is 0 Å². The highest BCUT2D eigenvalue weighted by Crippen LogP contribution is 2.43. The SMILES string of the molecule is COc1cc2c(cc1OCc1cc(COc3cc4c(cc3OC)C(=O)N3c5ccccc5C[C@H]3CN4)cc(NC(=O)[C@H](C)NC(=O)[C@H](C)N(CCN3C(=O)C=CC3=O)C(=O)CCCCC(N)=O)c1)N=C[C@@H]1Cc3ccccc3N1C2=O. The fourth-order valence-electron chi connectivity index (χ4n) is 10.8. The van der Waals surface area contributed by atoms with Crippen LogP contribution in [-0.4, -0.2) is 121 Å². The number of primary amides is 1. The number of fused-ring (bicyclic) bond motifs is 8. The third-order valence-corrected chi connectivity index (χ3v) is 15.0. The Morgan fingerprint density at radius 2 is 1.33 bits per heavy atom. The predicted molar refractivity (Wildman–Crippen MR) is 300 cm³/mol. The van der Waals surface area contributed by atoms with E-state index >= 15 is 0 Å². The number of anilines is 4.